The molecule has 0 aromatic carbocycles. The van der Waals surface area contributed by atoms with E-state index in [4.69, 9.17) is 0 Å². The summed E-state index contributed by atoms with van der Waals surface area (Å²) in [5.41, 5.74) is 3.97. The average molecular weight is 288 g/mol. The van der Waals surface area contributed by atoms with E-state index >= 15 is 0 Å². The molecule has 0 unspecified atom stereocenters. The predicted octanol–water partition coefficient (Wildman–Crippen LogP) is 6.02. The van der Waals surface area contributed by atoms with Gasteiger partial charge in [0, 0.05) is 12.8 Å². The molecule has 1 heteroatoms. The van der Waals surface area contributed by atoms with Crippen molar-refractivity contribution < 1.29 is 4.79 Å². The van der Waals surface area contributed by atoms with Crippen LogP contribution in [0.5, 0.6) is 0 Å². The first kappa shape index (κ1) is 17.9. The monoisotopic (exact) mass is 288 g/mol. The molecule has 0 saturated carbocycles. The van der Waals surface area contributed by atoms with Crippen molar-refractivity contribution >= 4 is 5.78 Å². The maximum absolute atomic E-state index is 12.1. The summed E-state index contributed by atoms with van der Waals surface area (Å²) < 4.78 is 0. The molecule has 0 amide bonds. The summed E-state index contributed by atoms with van der Waals surface area (Å²) in [7, 11) is 0. The Hall–Kier alpha value is -1.11. The molecule has 1 rings (SSSR count). The first-order chi connectivity index (χ1) is 9.88. The maximum atomic E-state index is 12.1. The molecule has 2 atom stereocenters. The van der Waals surface area contributed by atoms with Gasteiger partial charge in [0.2, 0.25) is 0 Å². The van der Waals surface area contributed by atoms with Gasteiger partial charge in [0.1, 0.15) is 5.78 Å². The second-order valence-electron chi connectivity index (χ2n) is 7.02. The van der Waals surface area contributed by atoms with Crippen molar-refractivity contribution in [2.75, 3.05) is 0 Å². The van der Waals surface area contributed by atoms with Crippen LogP contribution in [0.4, 0.5) is 0 Å². The highest BCUT2D eigenvalue weighted by Crippen LogP contribution is 2.26. The summed E-state index contributed by atoms with van der Waals surface area (Å²) >= 11 is 0. The third-order valence-corrected chi connectivity index (χ3v) is 4.54. The van der Waals surface area contributed by atoms with Crippen molar-refractivity contribution in [3.8, 4) is 0 Å². The topological polar surface area (TPSA) is 17.1 Å². The van der Waals surface area contributed by atoms with Gasteiger partial charge in [0.05, 0.1) is 0 Å². The molecule has 0 fully saturated rings. The molecule has 0 aromatic heterocycles. The number of hydrogen-bond donors (Lipinski definition) is 0. The smallest absolute Gasteiger partial charge is 0.137 e. The zero-order chi connectivity index (χ0) is 15.8. The summed E-state index contributed by atoms with van der Waals surface area (Å²) in [6, 6.07) is 0. The lowest BCUT2D eigenvalue weighted by Crippen LogP contribution is -2.09. The second-order valence-corrected chi connectivity index (χ2v) is 7.02. The molecule has 0 heterocycles. The molecular formula is C20H32O. The first-order valence-corrected chi connectivity index (χ1v) is 8.36. The Morgan fingerprint density at radius 3 is 2.57 bits per heavy atom. The first-order valence-electron chi connectivity index (χ1n) is 8.36. The van der Waals surface area contributed by atoms with Crippen LogP contribution in [-0.4, -0.2) is 5.78 Å². The van der Waals surface area contributed by atoms with Gasteiger partial charge in [-0.2, -0.15) is 0 Å². The molecule has 1 aliphatic carbocycles. The van der Waals surface area contributed by atoms with Crippen molar-refractivity contribution in [1.29, 1.82) is 0 Å². The number of rotatable bonds is 1. The fraction of sp³-hybridized carbons (Fsp3) is 0.650. The van der Waals surface area contributed by atoms with Gasteiger partial charge in [-0.15, -0.1) is 0 Å². The van der Waals surface area contributed by atoms with E-state index in [-0.39, 0.29) is 0 Å². The van der Waals surface area contributed by atoms with Crippen molar-refractivity contribution in [2.24, 2.45) is 11.8 Å². The quantitative estimate of drug-likeness (QED) is 0.539. The van der Waals surface area contributed by atoms with Gasteiger partial charge in [-0.25, -0.2) is 0 Å². The lowest BCUT2D eigenvalue weighted by atomic mass is 9.86. The van der Waals surface area contributed by atoms with E-state index in [0.717, 1.165) is 38.5 Å². The number of ketones is 1. The largest absolute Gasteiger partial charge is 0.299 e. The predicted molar refractivity (Wildman–Crippen MR) is 92.3 cm³/mol. The summed E-state index contributed by atoms with van der Waals surface area (Å²) in [6.07, 6.45) is 11.5. The van der Waals surface area contributed by atoms with Crippen LogP contribution in [0.3, 0.4) is 0 Å². The van der Waals surface area contributed by atoms with E-state index in [0.29, 0.717) is 24.0 Å². The Morgan fingerprint density at radius 1 is 1.19 bits per heavy atom. The molecular weight excluding hydrogens is 256 g/mol. The van der Waals surface area contributed by atoms with Crippen LogP contribution >= 0.6 is 0 Å². The minimum absolute atomic E-state index is 0.396. The number of carbonyl (C=O) groups excluding carboxylic acids is 1. The molecule has 1 aliphatic rings. The lowest BCUT2D eigenvalue weighted by molar-refractivity contribution is -0.119. The van der Waals surface area contributed by atoms with E-state index < -0.39 is 0 Å². The maximum Gasteiger partial charge on any atom is 0.137 e. The van der Waals surface area contributed by atoms with E-state index in [1.165, 1.54) is 16.7 Å². The van der Waals surface area contributed by atoms with Gasteiger partial charge < -0.3 is 0 Å². The molecule has 0 radical (unpaired) electrons. The summed E-state index contributed by atoms with van der Waals surface area (Å²) in [6.45, 7) is 12.8. The van der Waals surface area contributed by atoms with Crippen molar-refractivity contribution in [3.63, 3.8) is 0 Å². The molecule has 0 spiro atoms. The van der Waals surface area contributed by atoms with Crippen LogP contribution < -0.4 is 0 Å². The van der Waals surface area contributed by atoms with E-state index in [9.17, 15) is 4.79 Å². The Balaban J connectivity index is 2.79. The normalized spacial score (nSPS) is 31.5. The Bertz CT molecular complexity index is 425. The molecule has 0 aliphatic heterocycles. The third-order valence-electron chi connectivity index (χ3n) is 4.54. The Morgan fingerprint density at radius 2 is 1.90 bits per heavy atom. The third kappa shape index (κ3) is 7.45. The van der Waals surface area contributed by atoms with Crippen molar-refractivity contribution in [3.05, 3.63) is 35.5 Å². The zero-order valence-electron chi connectivity index (χ0n) is 14.4. The molecule has 0 saturated heterocycles. The molecule has 0 aromatic rings. The van der Waals surface area contributed by atoms with Crippen LogP contribution in [0.25, 0.3) is 0 Å². The minimum atomic E-state index is 0.396. The van der Waals surface area contributed by atoms with Gasteiger partial charge >= 0.3 is 0 Å². The van der Waals surface area contributed by atoms with E-state index in [1.54, 1.807) is 0 Å². The summed E-state index contributed by atoms with van der Waals surface area (Å²) in [5.74, 6) is 1.45. The van der Waals surface area contributed by atoms with Gasteiger partial charge in [-0.3, -0.25) is 4.79 Å². The molecule has 21 heavy (non-hydrogen) atoms. The van der Waals surface area contributed by atoms with Gasteiger partial charge in [-0.05, 0) is 64.7 Å². The highest BCUT2D eigenvalue weighted by atomic mass is 16.1. The summed E-state index contributed by atoms with van der Waals surface area (Å²) in [4.78, 5) is 12.1. The number of carbonyl (C=O) groups is 1. The standard InChI is InChI=1S/C20H32O/c1-15(2)19-11-9-16(3)7-6-8-17(4)13-20(21)14-18(5)10-12-19/h8-9,18-19H,1,6-7,10-14H2,2-5H3/b16-9+,17-8+/t18-,19+/m0/s1. The van der Waals surface area contributed by atoms with Crippen molar-refractivity contribution in [2.45, 2.75) is 72.6 Å². The number of hydrogen-bond acceptors (Lipinski definition) is 1. The lowest BCUT2D eigenvalue weighted by Gasteiger charge is -2.19. The second kappa shape index (κ2) is 9.02. The van der Waals surface area contributed by atoms with Crippen LogP contribution in [0.1, 0.15) is 72.6 Å². The highest BCUT2D eigenvalue weighted by Gasteiger charge is 2.14. The highest BCUT2D eigenvalue weighted by molar-refractivity contribution is 5.80. The SMILES string of the molecule is C=C(C)[C@@H]1C/C=C(\C)CC/C=C(\C)CC(=O)C[C@@H](C)CC1. The average Bonchev–Trinajstić information content (AvgIpc) is 2.36. The van der Waals surface area contributed by atoms with Gasteiger partial charge in [-0.1, -0.05) is 42.4 Å². The molecule has 1 nitrogen and oxygen atoms in total. The van der Waals surface area contributed by atoms with Crippen LogP contribution in [0.15, 0.2) is 35.5 Å². The van der Waals surface area contributed by atoms with Crippen molar-refractivity contribution in [1.82, 2.24) is 0 Å². The minimum Gasteiger partial charge on any atom is -0.299 e. The molecule has 0 N–H and O–H groups in total. The van der Waals surface area contributed by atoms with E-state index in [2.05, 4.69) is 46.4 Å². The van der Waals surface area contributed by atoms with Gasteiger partial charge in [0.25, 0.3) is 0 Å². The van der Waals surface area contributed by atoms with Crippen LogP contribution in [-0.2, 0) is 4.79 Å². The fourth-order valence-electron chi connectivity index (χ4n) is 2.99. The van der Waals surface area contributed by atoms with E-state index in [1.807, 2.05) is 0 Å². The van der Waals surface area contributed by atoms with Gasteiger partial charge in [0.15, 0.2) is 0 Å². The Labute approximate surface area is 131 Å². The van der Waals surface area contributed by atoms with Crippen LogP contribution in [0.2, 0.25) is 0 Å². The zero-order valence-corrected chi connectivity index (χ0v) is 14.4. The molecule has 118 valence electrons. The number of allylic oxidation sites excluding steroid dienone is 5. The molecule has 0 bridgehead atoms. The summed E-state index contributed by atoms with van der Waals surface area (Å²) in [5, 5.41) is 0. The van der Waals surface area contributed by atoms with Crippen LogP contribution in [0, 0.1) is 11.8 Å². The number of Topliss-reactive ketones (excluding diaryl/α,β-unsaturated/α-hetero) is 1. The fourth-order valence-corrected chi connectivity index (χ4v) is 2.99. The Kier molecular flexibility index (Phi) is 7.71.